The molecule has 0 radical (unpaired) electrons. The van der Waals surface area contributed by atoms with Gasteiger partial charge in [0.1, 0.15) is 0 Å². The van der Waals surface area contributed by atoms with Crippen LogP contribution in [0.15, 0.2) is 18.2 Å². The van der Waals surface area contributed by atoms with Crippen LogP contribution in [0.2, 0.25) is 0 Å². The molecule has 3 aliphatic carbocycles. The lowest BCUT2D eigenvalue weighted by atomic mass is 9.69. The van der Waals surface area contributed by atoms with Gasteiger partial charge in [-0.25, -0.2) is 0 Å². The number of amides is 1. The largest absolute Gasteiger partial charge is 0.390 e. The van der Waals surface area contributed by atoms with Crippen molar-refractivity contribution in [1.82, 2.24) is 4.90 Å². The quantitative estimate of drug-likeness (QED) is 0.897. The van der Waals surface area contributed by atoms with Gasteiger partial charge in [0.2, 0.25) is 5.91 Å². The summed E-state index contributed by atoms with van der Waals surface area (Å²) in [6.07, 6.45) is 8.92. The Kier molecular flexibility index (Phi) is 3.38. The molecule has 1 aromatic carbocycles. The van der Waals surface area contributed by atoms with E-state index in [0.717, 1.165) is 13.1 Å². The third-order valence-electron chi connectivity index (χ3n) is 7.38. The van der Waals surface area contributed by atoms with Gasteiger partial charge in [-0.1, -0.05) is 18.2 Å². The number of aliphatic hydroxyl groups is 1. The molecule has 5 rings (SSSR count). The number of nitrogens with zero attached hydrogens (tertiary/aromatic N) is 1. The summed E-state index contributed by atoms with van der Waals surface area (Å²) in [5.41, 5.74) is 4.46. The normalized spacial score (nSPS) is 35.4. The molecule has 134 valence electrons. The van der Waals surface area contributed by atoms with Gasteiger partial charge >= 0.3 is 0 Å². The zero-order valence-electron chi connectivity index (χ0n) is 15.3. The van der Waals surface area contributed by atoms with Crippen LogP contribution in [0.5, 0.6) is 0 Å². The van der Waals surface area contributed by atoms with E-state index in [2.05, 4.69) is 23.1 Å². The lowest BCUT2D eigenvalue weighted by molar-refractivity contribution is -0.161. The Morgan fingerprint density at radius 1 is 1.16 bits per heavy atom. The van der Waals surface area contributed by atoms with E-state index in [0.29, 0.717) is 24.2 Å². The molecule has 0 unspecified atom stereocenters. The molecule has 3 heteroatoms. The van der Waals surface area contributed by atoms with Crippen LogP contribution in [0, 0.1) is 11.3 Å². The number of rotatable bonds is 2. The first-order valence-electron chi connectivity index (χ1n) is 10.1. The van der Waals surface area contributed by atoms with Crippen LogP contribution < -0.4 is 0 Å². The van der Waals surface area contributed by atoms with E-state index in [1.54, 1.807) is 11.1 Å². The molecule has 1 saturated heterocycles. The molecule has 1 heterocycles. The van der Waals surface area contributed by atoms with Crippen LogP contribution in [0.3, 0.4) is 0 Å². The summed E-state index contributed by atoms with van der Waals surface area (Å²) in [6.45, 7) is 3.74. The highest BCUT2D eigenvalue weighted by molar-refractivity contribution is 5.81. The van der Waals surface area contributed by atoms with Gasteiger partial charge in [0.15, 0.2) is 0 Å². The van der Waals surface area contributed by atoms with Gasteiger partial charge in [-0.05, 0) is 80.9 Å². The first-order valence-corrected chi connectivity index (χ1v) is 10.1. The Morgan fingerprint density at radius 3 is 2.68 bits per heavy atom. The molecule has 1 aliphatic heterocycles. The van der Waals surface area contributed by atoms with Crippen molar-refractivity contribution < 1.29 is 9.90 Å². The van der Waals surface area contributed by atoms with E-state index in [9.17, 15) is 9.90 Å². The fourth-order valence-corrected chi connectivity index (χ4v) is 5.98. The number of fused-ring (bicyclic) bond motifs is 1. The molecule has 0 aromatic heterocycles. The maximum absolute atomic E-state index is 12.5. The van der Waals surface area contributed by atoms with E-state index in [1.165, 1.54) is 44.1 Å². The fourth-order valence-electron chi connectivity index (χ4n) is 5.98. The van der Waals surface area contributed by atoms with E-state index >= 15 is 0 Å². The first-order chi connectivity index (χ1) is 11.9. The maximum Gasteiger partial charge on any atom is 0.225 e. The van der Waals surface area contributed by atoms with Crippen molar-refractivity contribution in [2.45, 2.75) is 69.8 Å². The molecule has 1 N–H and O–H groups in total. The molecule has 2 saturated carbocycles. The second kappa shape index (κ2) is 5.33. The summed E-state index contributed by atoms with van der Waals surface area (Å²) in [7, 11) is 0. The predicted molar refractivity (Wildman–Crippen MR) is 97.4 cm³/mol. The standard InChI is InChI=1S/C22H29NO2/c1-21(25)10-19(11-21)20(24)23-13-22(14-23)8-7-18(12-22)17-6-5-15-3-2-4-16(15)9-17/h5-6,9,18-19,25H,2-4,7-8,10-14H2,1H3/t18-,19?,21?/m1/s1. The van der Waals surface area contributed by atoms with Gasteiger partial charge in [0.25, 0.3) is 0 Å². The molecule has 25 heavy (non-hydrogen) atoms. The Bertz CT molecular complexity index is 709. The smallest absolute Gasteiger partial charge is 0.225 e. The summed E-state index contributed by atoms with van der Waals surface area (Å²) in [6, 6.07) is 7.21. The maximum atomic E-state index is 12.5. The molecular formula is C22H29NO2. The minimum Gasteiger partial charge on any atom is -0.390 e. The van der Waals surface area contributed by atoms with Crippen molar-refractivity contribution in [2.75, 3.05) is 13.1 Å². The predicted octanol–water partition coefficient (Wildman–Crippen LogP) is 3.43. The van der Waals surface area contributed by atoms with E-state index < -0.39 is 5.60 Å². The minimum absolute atomic E-state index is 0.0706. The van der Waals surface area contributed by atoms with Crippen LogP contribution in [0.25, 0.3) is 0 Å². The zero-order valence-corrected chi connectivity index (χ0v) is 15.3. The summed E-state index contributed by atoms with van der Waals surface area (Å²) >= 11 is 0. The highest BCUT2D eigenvalue weighted by Crippen LogP contribution is 2.53. The van der Waals surface area contributed by atoms with Crippen LogP contribution in [0.4, 0.5) is 0 Å². The number of carbonyl (C=O) groups is 1. The lowest BCUT2D eigenvalue weighted by Gasteiger charge is -2.52. The SMILES string of the molecule is CC1(O)CC(C(=O)N2CC3(CC[C@@H](c4ccc5c(c4)CCC5)C3)C2)C1. The van der Waals surface area contributed by atoms with Crippen LogP contribution in [-0.4, -0.2) is 34.6 Å². The van der Waals surface area contributed by atoms with Crippen LogP contribution >= 0.6 is 0 Å². The number of carbonyl (C=O) groups excluding carboxylic acids is 1. The van der Waals surface area contributed by atoms with Gasteiger partial charge in [-0.15, -0.1) is 0 Å². The Morgan fingerprint density at radius 2 is 1.92 bits per heavy atom. The Balaban J connectivity index is 1.20. The molecule has 3 nitrogen and oxygen atoms in total. The van der Waals surface area contributed by atoms with Crippen molar-refractivity contribution in [2.24, 2.45) is 11.3 Å². The highest BCUT2D eigenvalue weighted by Gasteiger charge is 2.53. The molecule has 3 fully saturated rings. The van der Waals surface area contributed by atoms with Crippen molar-refractivity contribution in [3.63, 3.8) is 0 Å². The number of likely N-dealkylation sites (tertiary alicyclic amines) is 1. The second-order valence-corrected chi connectivity index (χ2v) is 9.62. The van der Waals surface area contributed by atoms with Gasteiger partial charge in [0, 0.05) is 24.4 Å². The molecule has 1 amide bonds. The van der Waals surface area contributed by atoms with E-state index in [4.69, 9.17) is 0 Å². The number of aryl methyl sites for hydroxylation is 2. The summed E-state index contributed by atoms with van der Waals surface area (Å²) in [4.78, 5) is 14.6. The van der Waals surface area contributed by atoms with Crippen LogP contribution in [-0.2, 0) is 17.6 Å². The average molecular weight is 339 g/mol. The molecular weight excluding hydrogens is 310 g/mol. The number of benzene rings is 1. The minimum atomic E-state index is -0.602. The molecule has 1 atom stereocenters. The van der Waals surface area contributed by atoms with Gasteiger partial charge < -0.3 is 10.0 Å². The van der Waals surface area contributed by atoms with Crippen molar-refractivity contribution in [3.8, 4) is 0 Å². The third-order valence-corrected chi connectivity index (χ3v) is 7.38. The van der Waals surface area contributed by atoms with Gasteiger partial charge in [-0.3, -0.25) is 4.79 Å². The monoisotopic (exact) mass is 339 g/mol. The topological polar surface area (TPSA) is 40.5 Å². The zero-order chi connectivity index (χ0) is 17.2. The fraction of sp³-hybridized carbons (Fsp3) is 0.682. The lowest BCUT2D eigenvalue weighted by Crippen LogP contribution is -2.61. The Labute approximate surface area is 150 Å². The average Bonchev–Trinajstić information content (AvgIpc) is 3.16. The molecule has 1 spiro atoms. The molecule has 1 aromatic rings. The highest BCUT2D eigenvalue weighted by atomic mass is 16.3. The van der Waals surface area contributed by atoms with Crippen molar-refractivity contribution >= 4 is 5.91 Å². The van der Waals surface area contributed by atoms with E-state index in [-0.39, 0.29) is 11.8 Å². The second-order valence-electron chi connectivity index (χ2n) is 9.62. The van der Waals surface area contributed by atoms with E-state index in [1.807, 2.05) is 6.92 Å². The summed E-state index contributed by atoms with van der Waals surface area (Å²) in [5.74, 6) is 1.05. The molecule has 0 bridgehead atoms. The number of hydrogen-bond acceptors (Lipinski definition) is 2. The Hall–Kier alpha value is -1.35. The summed E-state index contributed by atoms with van der Waals surface area (Å²) in [5, 5.41) is 9.87. The first kappa shape index (κ1) is 15.9. The van der Waals surface area contributed by atoms with Crippen molar-refractivity contribution in [3.05, 3.63) is 34.9 Å². The molecule has 4 aliphatic rings. The van der Waals surface area contributed by atoms with Crippen LogP contribution in [0.1, 0.15) is 68.1 Å². The van der Waals surface area contributed by atoms with Gasteiger partial charge in [0.05, 0.1) is 5.60 Å². The summed E-state index contributed by atoms with van der Waals surface area (Å²) < 4.78 is 0. The number of hydrogen-bond donors (Lipinski definition) is 1. The van der Waals surface area contributed by atoms with Gasteiger partial charge in [-0.2, -0.15) is 0 Å². The van der Waals surface area contributed by atoms with Crippen molar-refractivity contribution in [1.29, 1.82) is 0 Å². The third kappa shape index (κ3) is 2.63.